The number of aryl methyl sites for hydroxylation is 2. The van der Waals surface area contributed by atoms with E-state index < -0.39 is 0 Å². The maximum absolute atomic E-state index is 5.57. The third-order valence-electron chi connectivity index (χ3n) is 1.86. The van der Waals surface area contributed by atoms with Crippen LogP contribution in [0.3, 0.4) is 0 Å². The zero-order valence-electron chi connectivity index (χ0n) is 6.17. The molecular formula is C7H11ClN2S. The lowest BCUT2D eigenvalue weighted by Gasteiger charge is -2.06. The van der Waals surface area contributed by atoms with Gasteiger partial charge in [-0.25, -0.2) is 4.98 Å². The first-order valence-corrected chi connectivity index (χ1v) is 4.42. The van der Waals surface area contributed by atoms with Gasteiger partial charge in [0, 0.05) is 4.88 Å². The number of fused-ring (bicyclic) bond motifs is 1. The van der Waals surface area contributed by atoms with Crippen molar-refractivity contribution < 1.29 is 0 Å². The summed E-state index contributed by atoms with van der Waals surface area (Å²) in [7, 11) is 0. The molecule has 0 aliphatic heterocycles. The molecule has 0 amide bonds. The first kappa shape index (κ1) is 8.81. The summed E-state index contributed by atoms with van der Waals surface area (Å²) in [5, 5.41) is 0.743. The minimum Gasteiger partial charge on any atom is -0.375 e. The van der Waals surface area contributed by atoms with E-state index in [0.717, 1.165) is 11.6 Å². The molecule has 1 aliphatic rings. The quantitative estimate of drug-likeness (QED) is 0.680. The average molecular weight is 191 g/mol. The summed E-state index contributed by atoms with van der Waals surface area (Å²) in [6.07, 6.45) is 4.94. The molecule has 2 nitrogen and oxygen atoms in total. The van der Waals surface area contributed by atoms with Crippen LogP contribution < -0.4 is 5.73 Å². The zero-order valence-corrected chi connectivity index (χ0v) is 7.80. The number of nitrogens with two attached hydrogens (primary N) is 1. The van der Waals surface area contributed by atoms with Gasteiger partial charge < -0.3 is 5.73 Å². The normalized spacial score (nSPS) is 15.3. The zero-order chi connectivity index (χ0) is 6.97. The fourth-order valence-corrected chi connectivity index (χ4v) is 2.29. The van der Waals surface area contributed by atoms with Crippen LogP contribution in [0.5, 0.6) is 0 Å². The van der Waals surface area contributed by atoms with E-state index in [1.807, 2.05) is 0 Å². The van der Waals surface area contributed by atoms with Gasteiger partial charge in [-0.15, -0.1) is 23.7 Å². The number of halogens is 1. The number of aromatic nitrogens is 1. The Bertz CT molecular complexity index is 223. The number of rotatable bonds is 0. The molecule has 0 saturated heterocycles. The van der Waals surface area contributed by atoms with Crippen LogP contribution in [-0.4, -0.2) is 4.98 Å². The molecular weight excluding hydrogens is 180 g/mol. The summed E-state index contributed by atoms with van der Waals surface area (Å²) >= 11 is 1.66. The van der Waals surface area contributed by atoms with Gasteiger partial charge in [-0.2, -0.15) is 0 Å². The minimum atomic E-state index is 0. The standard InChI is InChI=1S/C7H10N2S.ClH/c8-7-9-5-3-1-2-4-6(5)10-7;/h1-4H2,(H2,8,9);1H. The SMILES string of the molecule is Cl.Nc1nc2c(s1)CCCC2. The molecule has 1 aromatic rings. The Kier molecular flexibility index (Phi) is 2.73. The topological polar surface area (TPSA) is 38.9 Å². The number of hydrogen-bond acceptors (Lipinski definition) is 3. The molecule has 0 radical (unpaired) electrons. The lowest BCUT2D eigenvalue weighted by molar-refractivity contribution is 0.683. The molecule has 0 atom stereocenters. The molecule has 1 aliphatic carbocycles. The van der Waals surface area contributed by atoms with E-state index in [9.17, 15) is 0 Å². The van der Waals surface area contributed by atoms with Crippen LogP contribution in [0.15, 0.2) is 0 Å². The molecule has 0 aromatic carbocycles. The molecule has 0 spiro atoms. The Labute approximate surface area is 76.2 Å². The lowest BCUT2D eigenvalue weighted by atomic mass is 10.0. The van der Waals surface area contributed by atoms with E-state index in [4.69, 9.17) is 5.73 Å². The second-order valence-corrected chi connectivity index (χ2v) is 3.74. The van der Waals surface area contributed by atoms with E-state index in [0.29, 0.717) is 0 Å². The molecule has 0 unspecified atom stereocenters. The molecule has 1 heterocycles. The molecule has 2 rings (SSSR count). The van der Waals surface area contributed by atoms with Gasteiger partial charge in [0.25, 0.3) is 0 Å². The summed E-state index contributed by atoms with van der Waals surface area (Å²) < 4.78 is 0. The highest BCUT2D eigenvalue weighted by Gasteiger charge is 2.12. The van der Waals surface area contributed by atoms with Crippen LogP contribution in [0.2, 0.25) is 0 Å². The summed E-state index contributed by atoms with van der Waals surface area (Å²) in [6, 6.07) is 0. The van der Waals surface area contributed by atoms with Crippen LogP contribution in [0, 0.1) is 0 Å². The second-order valence-electron chi connectivity index (χ2n) is 2.63. The van der Waals surface area contributed by atoms with Crippen molar-refractivity contribution in [3.8, 4) is 0 Å². The smallest absolute Gasteiger partial charge is 0.180 e. The van der Waals surface area contributed by atoms with Crippen molar-refractivity contribution in [3.63, 3.8) is 0 Å². The molecule has 4 heteroatoms. The Morgan fingerprint density at radius 3 is 2.73 bits per heavy atom. The number of nitrogen functional groups attached to an aromatic ring is 1. The largest absolute Gasteiger partial charge is 0.375 e. The van der Waals surface area contributed by atoms with E-state index in [-0.39, 0.29) is 12.4 Å². The van der Waals surface area contributed by atoms with Crippen LogP contribution in [-0.2, 0) is 12.8 Å². The maximum atomic E-state index is 5.57. The third kappa shape index (κ3) is 1.65. The lowest BCUT2D eigenvalue weighted by Crippen LogP contribution is -1.99. The predicted molar refractivity (Wildman–Crippen MR) is 50.4 cm³/mol. The summed E-state index contributed by atoms with van der Waals surface area (Å²) in [5.41, 5.74) is 6.82. The fraction of sp³-hybridized carbons (Fsp3) is 0.571. The van der Waals surface area contributed by atoms with Crippen LogP contribution in [0.25, 0.3) is 0 Å². The highest BCUT2D eigenvalue weighted by atomic mass is 35.5. The van der Waals surface area contributed by atoms with Gasteiger partial charge in [-0.05, 0) is 25.7 Å². The predicted octanol–water partition coefficient (Wildman–Crippen LogP) is 2.03. The Balaban J connectivity index is 0.000000605. The van der Waals surface area contributed by atoms with E-state index in [2.05, 4.69) is 4.98 Å². The van der Waals surface area contributed by atoms with Crippen molar-refractivity contribution in [1.29, 1.82) is 0 Å². The molecule has 11 heavy (non-hydrogen) atoms. The highest BCUT2D eigenvalue weighted by Crippen LogP contribution is 2.27. The van der Waals surface area contributed by atoms with E-state index in [1.54, 1.807) is 11.3 Å². The Morgan fingerprint density at radius 2 is 2.00 bits per heavy atom. The van der Waals surface area contributed by atoms with Crippen molar-refractivity contribution in [1.82, 2.24) is 4.98 Å². The summed E-state index contributed by atoms with van der Waals surface area (Å²) in [4.78, 5) is 5.67. The maximum Gasteiger partial charge on any atom is 0.180 e. The molecule has 1 aromatic heterocycles. The Hall–Kier alpha value is -0.280. The van der Waals surface area contributed by atoms with Crippen LogP contribution in [0.1, 0.15) is 23.4 Å². The van der Waals surface area contributed by atoms with Gasteiger partial charge in [0.2, 0.25) is 0 Å². The monoisotopic (exact) mass is 190 g/mol. The molecule has 2 N–H and O–H groups in total. The van der Waals surface area contributed by atoms with Gasteiger partial charge in [-0.3, -0.25) is 0 Å². The summed E-state index contributed by atoms with van der Waals surface area (Å²) in [5.74, 6) is 0. The van der Waals surface area contributed by atoms with Crippen molar-refractivity contribution in [3.05, 3.63) is 10.6 Å². The first-order valence-electron chi connectivity index (χ1n) is 3.60. The van der Waals surface area contributed by atoms with E-state index in [1.165, 1.54) is 29.8 Å². The van der Waals surface area contributed by atoms with Gasteiger partial charge in [0.15, 0.2) is 5.13 Å². The van der Waals surface area contributed by atoms with Crippen molar-refractivity contribution >= 4 is 28.9 Å². The molecule has 0 bridgehead atoms. The fourth-order valence-electron chi connectivity index (χ4n) is 1.37. The number of thiazole rings is 1. The number of anilines is 1. The summed E-state index contributed by atoms with van der Waals surface area (Å²) in [6.45, 7) is 0. The first-order chi connectivity index (χ1) is 4.86. The molecule has 0 saturated carbocycles. The van der Waals surface area contributed by atoms with Crippen molar-refractivity contribution in [2.75, 3.05) is 5.73 Å². The minimum absolute atomic E-state index is 0. The van der Waals surface area contributed by atoms with Gasteiger partial charge in [-0.1, -0.05) is 0 Å². The van der Waals surface area contributed by atoms with E-state index >= 15 is 0 Å². The average Bonchev–Trinajstić information content (AvgIpc) is 2.27. The van der Waals surface area contributed by atoms with Crippen molar-refractivity contribution in [2.45, 2.75) is 25.7 Å². The van der Waals surface area contributed by atoms with Gasteiger partial charge in [0.1, 0.15) is 0 Å². The van der Waals surface area contributed by atoms with Crippen molar-refractivity contribution in [2.24, 2.45) is 0 Å². The molecule has 0 fully saturated rings. The Morgan fingerprint density at radius 1 is 1.27 bits per heavy atom. The van der Waals surface area contributed by atoms with Gasteiger partial charge >= 0.3 is 0 Å². The van der Waals surface area contributed by atoms with Gasteiger partial charge in [0.05, 0.1) is 5.69 Å². The number of nitrogens with zero attached hydrogens (tertiary/aromatic N) is 1. The van der Waals surface area contributed by atoms with Crippen LogP contribution in [0.4, 0.5) is 5.13 Å². The molecule has 62 valence electrons. The second kappa shape index (κ2) is 3.41. The highest BCUT2D eigenvalue weighted by molar-refractivity contribution is 7.15. The third-order valence-corrected chi connectivity index (χ3v) is 2.85. The number of hydrogen-bond donors (Lipinski definition) is 1. The van der Waals surface area contributed by atoms with Crippen LogP contribution >= 0.6 is 23.7 Å².